The van der Waals surface area contributed by atoms with Crippen molar-refractivity contribution in [2.45, 2.75) is 4.90 Å². The van der Waals surface area contributed by atoms with E-state index in [9.17, 15) is 13.2 Å². The predicted octanol–water partition coefficient (Wildman–Crippen LogP) is 1.94. The zero-order valence-corrected chi connectivity index (χ0v) is 12.0. The second-order valence-electron chi connectivity index (χ2n) is 4.58. The van der Waals surface area contributed by atoms with Gasteiger partial charge >= 0.3 is 0 Å². The number of rotatable bonds is 1. The molecule has 0 atom stereocenters. The molecular formula is C15H12N2O3S. The fourth-order valence-electron chi connectivity index (χ4n) is 2.20. The molecule has 0 saturated carbocycles. The number of Topliss-reactive ketones (excluding diaryl/α,β-unsaturated/α-hetero) is 1. The van der Waals surface area contributed by atoms with E-state index in [1.165, 1.54) is 25.3 Å². The maximum Gasteiger partial charge on any atom is 0.264 e. The first-order valence-corrected chi connectivity index (χ1v) is 7.71. The summed E-state index contributed by atoms with van der Waals surface area (Å²) in [6.45, 7) is 0. The number of pyridine rings is 1. The summed E-state index contributed by atoms with van der Waals surface area (Å²) >= 11 is 0. The fraction of sp³-hybridized carbons (Fsp3) is 0.0667. The lowest BCUT2D eigenvalue weighted by Crippen LogP contribution is -2.36. The van der Waals surface area contributed by atoms with E-state index in [4.69, 9.17) is 0 Å². The van der Waals surface area contributed by atoms with Gasteiger partial charge in [0.15, 0.2) is 0 Å². The zero-order chi connectivity index (χ0) is 15.0. The Morgan fingerprint density at radius 1 is 1.10 bits per heavy atom. The normalized spacial score (nSPS) is 18.6. The van der Waals surface area contributed by atoms with Crippen molar-refractivity contribution in [3.63, 3.8) is 0 Å². The second-order valence-corrected chi connectivity index (χ2v) is 6.52. The lowest BCUT2D eigenvalue weighted by molar-refractivity contribution is 0.101. The first kappa shape index (κ1) is 13.5. The highest BCUT2D eigenvalue weighted by Crippen LogP contribution is 2.31. The van der Waals surface area contributed by atoms with Crippen LogP contribution in [-0.2, 0) is 10.0 Å². The summed E-state index contributed by atoms with van der Waals surface area (Å²) in [5.41, 5.74) is 0.812. The third kappa shape index (κ3) is 2.13. The highest BCUT2D eigenvalue weighted by Gasteiger charge is 2.36. The molecule has 0 unspecified atom stereocenters. The molecule has 2 aromatic rings. The minimum atomic E-state index is -3.71. The Balaban J connectivity index is 2.22. The molecule has 0 bridgehead atoms. The summed E-state index contributed by atoms with van der Waals surface area (Å²) in [4.78, 5) is 16.7. The van der Waals surface area contributed by atoms with Gasteiger partial charge in [-0.3, -0.25) is 14.1 Å². The van der Waals surface area contributed by atoms with Gasteiger partial charge in [-0.2, -0.15) is 0 Å². The van der Waals surface area contributed by atoms with Crippen LogP contribution in [0.15, 0.2) is 59.3 Å². The molecule has 0 N–H and O–H groups in total. The molecule has 0 radical (unpaired) electrons. The van der Waals surface area contributed by atoms with Gasteiger partial charge in [-0.1, -0.05) is 18.2 Å². The summed E-state index contributed by atoms with van der Waals surface area (Å²) in [7, 11) is -2.33. The highest BCUT2D eigenvalue weighted by molar-refractivity contribution is 7.89. The van der Waals surface area contributed by atoms with Crippen molar-refractivity contribution in [3.8, 4) is 0 Å². The number of allylic oxidation sites excluding steroid dienone is 1. The number of hydrogen-bond donors (Lipinski definition) is 0. The summed E-state index contributed by atoms with van der Waals surface area (Å²) in [6, 6.07) is 11.4. The first-order chi connectivity index (χ1) is 10.0. The number of aromatic nitrogens is 1. The molecule has 2 heterocycles. The molecular weight excluding hydrogens is 288 g/mol. The number of sulfonamides is 1. The molecule has 0 amide bonds. The first-order valence-electron chi connectivity index (χ1n) is 6.27. The smallest absolute Gasteiger partial charge is 0.264 e. The SMILES string of the molecule is CN1C(=Cc2ccccn2)C(=O)c2ccccc2S1(=O)=O. The predicted molar refractivity (Wildman–Crippen MR) is 77.9 cm³/mol. The largest absolute Gasteiger partial charge is 0.287 e. The van der Waals surface area contributed by atoms with Crippen molar-refractivity contribution in [2.24, 2.45) is 0 Å². The van der Waals surface area contributed by atoms with Gasteiger partial charge in [0, 0.05) is 18.8 Å². The second kappa shape index (κ2) is 4.82. The zero-order valence-electron chi connectivity index (χ0n) is 11.2. The number of fused-ring (bicyclic) bond motifs is 1. The van der Waals surface area contributed by atoms with E-state index >= 15 is 0 Å². The summed E-state index contributed by atoms with van der Waals surface area (Å²) in [6.07, 6.45) is 3.07. The van der Waals surface area contributed by atoms with E-state index in [1.807, 2.05) is 0 Å². The van der Waals surface area contributed by atoms with Gasteiger partial charge in [-0.25, -0.2) is 8.42 Å². The van der Waals surface area contributed by atoms with E-state index in [0.29, 0.717) is 5.69 Å². The monoisotopic (exact) mass is 300 g/mol. The van der Waals surface area contributed by atoms with Crippen molar-refractivity contribution < 1.29 is 13.2 Å². The van der Waals surface area contributed by atoms with E-state index < -0.39 is 10.0 Å². The summed E-state index contributed by atoms with van der Waals surface area (Å²) in [5, 5.41) is 0. The average Bonchev–Trinajstić information content (AvgIpc) is 2.51. The quantitative estimate of drug-likeness (QED) is 0.755. The number of ketones is 1. The van der Waals surface area contributed by atoms with Crippen LogP contribution < -0.4 is 0 Å². The van der Waals surface area contributed by atoms with Crippen LogP contribution in [0.2, 0.25) is 0 Å². The number of likely N-dealkylation sites (N-methyl/N-ethyl adjacent to an activating group) is 1. The molecule has 0 aliphatic carbocycles. The fourth-order valence-corrected chi connectivity index (χ4v) is 3.57. The molecule has 1 aliphatic rings. The van der Waals surface area contributed by atoms with Crippen LogP contribution in [-0.4, -0.2) is 30.5 Å². The molecule has 3 rings (SSSR count). The maximum atomic E-state index is 12.5. The number of hydrogen-bond acceptors (Lipinski definition) is 4. The van der Waals surface area contributed by atoms with Crippen molar-refractivity contribution in [1.29, 1.82) is 0 Å². The Morgan fingerprint density at radius 3 is 2.52 bits per heavy atom. The van der Waals surface area contributed by atoms with E-state index in [1.54, 1.807) is 36.5 Å². The molecule has 6 heteroatoms. The summed E-state index contributed by atoms with van der Waals surface area (Å²) < 4.78 is 25.9. The van der Waals surface area contributed by atoms with Gasteiger partial charge in [-0.05, 0) is 30.3 Å². The van der Waals surface area contributed by atoms with E-state index in [0.717, 1.165) is 4.31 Å². The minimum absolute atomic E-state index is 0.0377. The Hall–Kier alpha value is -2.47. The third-order valence-corrected chi connectivity index (χ3v) is 5.14. The van der Waals surface area contributed by atoms with E-state index in [-0.39, 0.29) is 21.9 Å². The van der Waals surface area contributed by atoms with Crippen LogP contribution in [0.25, 0.3) is 6.08 Å². The third-order valence-electron chi connectivity index (χ3n) is 3.31. The number of nitrogens with zero attached hydrogens (tertiary/aromatic N) is 2. The minimum Gasteiger partial charge on any atom is -0.287 e. The average molecular weight is 300 g/mol. The van der Waals surface area contributed by atoms with Crippen LogP contribution in [0, 0.1) is 0 Å². The Bertz CT molecular complexity index is 842. The number of carbonyl (C=O) groups is 1. The van der Waals surface area contributed by atoms with Crippen molar-refractivity contribution in [1.82, 2.24) is 9.29 Å². The molecule has 106 valence electrons. The van der Waals surface area contributed by atoms with Gasteiger partial charge in [0.1, 0.15) is 5.70 Å². The Labute approximate surface area is 122 Å². The van der Waals surface area contributed by atoms with Crippen LogP contribution >= 0.6 is 0 Å². The molecule has 0 spiro atoms. The molecule has 5 nitrogen and oxygen atoms in total. The topological polar surface area (TPSA) is 67.3 Å². The van der Waals surface area contributed by atoms with E-state index in [2.05, 4.69) is 4.98 Å². The highest BCUT2D eigenvalue weighted by atomic mass is 32.2. The lowest BCUT2D eigenvalue weighted by Gasteiger charge is -2.27. The summed E-state index contributed by atoms with van der Waals surface area (Å²) in [5.74, 6) is -0.325. The molecule has 1 aliphatic heterocycles. The van der Waals surface area contributed by atoms with Gasteiger partial charge in [-0.15, -0.1) is 0 Å². The van der Waals surface area contributed by atoms with Crippen LogP contribution in [0.1, 0.15) is 16.1 Å². The van der Waals surface area contributed by atoms with Gasteiger partial charge in [0.2, 0.25) is 5.78 Å². The lowest BCUT2D eigenvalue weighted by atomic mass is 10.1. The van der Waals surface area contributed by atoms with Crippen molar-refractivity contribution >= 4 is 21.9 Å². The molecule has 1 aromatic carbocycles. The van der Waals surface area contributed by atoms with Crippen molar-refractivity contribution in [3.05, 3.63) is 65.6 Å². The molecule has 0 saturated heterocycles. The Kier molecular flexibility index (Phi) is 3.10. The Morgan fingerprint density at radius 2 is 1.81 bits per heavy atom. The maximum absolute atomic E-state index is 12.5. The van der Waals surface area contributed by atoms with Gasteiger partial charge < -0.3 is 0 Å². The van der Waals surface area contributed by atoms with Gasteiger partial charge in [0.25, 0.3) is 10.0 Å². The van der Waals surface area contributed by atoms with Crippen LogP contribution in [0.3, 0.4) is 0 Å². The van der Waals surface area contributed by atoms with Crippen molar-refractivity contribution in [2.75, 3.05) is 7.05 Å². The standard InChI is InChI=1S/C15H12N2O3S/c1-17-13(10-11-6-4-5-9-16-11)15(18)12-7-2-3-8-14(12)21(17,19)20/h2-10H,1H3. The van der Waals surface area contributed by atoms with Crippen LogP contribution in [0.5, 0.6) is 0 Å². The van der Waals surface area contributed by atoms with Crippen LogP contribution in [0.4, 0.5) is 0 Å². The van der Waals surface area contributed by atoms with Gasteiger partial charge in [0.05, 0.1) is 10.6 Å². The number of benzene rings is 1. The molecule has 0 fully saturated rings. The molecule has 21 heavy (non-hydrogen) atoms. The number of carbonyl (C=O) groups excluding carboxylic acids is 1. The molecule has 1 aromatic heterocycles.